The highest BCUT2D eigenvalue weighted by Crippen LogP contribution is 2.26. The SMILES string of the molecule is CCSc1nn2cc(C)[nH]c2c1N. The summed E-state index contributed by atoms with van der Waals surface area (Å²) in [5, 5.41) is 5.26. The number of imidazole rings is 1. The monoisotopic (exact) mass is 196 g/mol. The molecule has 0 bridgehead atoms. The average Bonchev–Trinajstić information content (AvgIpc) is 2.54. The zero-order valence-electron chi connectivity index (χ0n) is 7.66. The largest absolute Gasteiger partial charge is 0.393 e. The van der Waals surface area contributed by atoms with E-state index in [1.807, 2.05) is 13.1 Å². The lowest BCUT2D eigenvalue weighted by Gasteiger charge is -1.91. The number of H-pyrrole nitrogens is 1. The van der Waals surface area contributed by atoms with Gasteiger partial charge in [-0.05, 0) is 12.7 Å². The third kappa shape index (κ3) is 1.29. The summed E-state index contributed by atoms with van der Waals surface area (Å²) in [6.07, 6.45) is 1.94. The predicted octanol–water partition coefficient (Wildman–Crippen LogP) is 1.67. The van der Waals surface area contributed by atoms with Crippen LogP contribution in [0, 0.1) is 6.92 Å². The quantitative estimate of drug-likeness (QED) is 0.718. The number of hydrogen-bond acceptors (Lipinski definition) is 3. The fraction of sp³-hybridized carbons (Fsp3) is 0.375. The molecule has 2 rings (SSSR count). The van der Waals surface area contributed by atoms with Crippen molar-refractivity contribution in [2.24, 2.45) is 0 Å². The van der Waals surface area contributed by atoms with E-state index in [9.17, 15) is 0 Å². The van der Waals surface area contributed by atoms with Crippen molar-refractivity contribution in [3.05, 3.63) is 11.9 Å². The molecule has 13 heavy (non-hydrogen) atoms. The van der Waals surface area contributed by atoms with Crippen LogP contribution >= 0.6 is 11.8 Å². The maximum Gasteiger partial charge on any atom is 0.157 e. The lowest BCUT2D eigenvalue weighted by molar-refractivity contribution is 0.908. The standard InChI is InChI=1S/C8H12N4S/c1-3-13-8-6(9)7-10-5(2)4-12(7)11-8/h4,10H,3,9H2,1-2H3. The van der Waals surface area contributed by atoms with E-state index in [1.165, 1.54) is 0 Å². The molecule has 0 aromatic carbocycles. The van der Waals surface area contributed by atoms with E-state index in [0.717, 1.165) is 27.8 Å². The predicted molar refractivity (Wildman–Crippen MR) is 55.1 cm³/mol. The number of aromatic amines is 1. The van der Waals surface area contributed by atoms with Crippen molar-refractivity contribution >= 4 is 23.1 Å². The number of thioether (sulfide) groups is 1. The Morgan fingerprint density at radius 3 is 3.08 bits per heavy atom. The summed E-state index contributed by atoms with van der Waals surface area (Å²) in [5.74, 6) is 0.989. The number of nitrogens with zero attached hydrogens (tertiary/aromatic N) is 2. The normalized spacial score (nSPS) is 11.2. The molecule has 0 saturated carbocycles. The highest BCUT2D eigenvalue weighted by Gasteiger charge is 2.10. The van der Waals surface area contributed by atoms with Crippen molar-refractivity contribution in [1.82, 2.24) is 14.6 Å². The van der Waals surface area contributed by atoms with Crippen LogP contribution in [0.2, 0.25) is 0 Å². The van der Waals surface area contributed by atoms with E-state index < -0.39 is 0 Å². The first-order valence-corrected chi connectivity index (χ1v) is 5.17. The summed E-state index contributed by atoms with van der Waals surface area (Å²) >= 11 is 1.66. The van der Waals surface area contributed by atoms with Crippen molar-refractivity contribution in [3.8, 4) is 0 Å². The Bertz CT molecular complexity index is 428. The lowest BCUT2D eigenvalue weighted by Crippen LogP contribution is -1.86. The summed E-state index contributed by atoms with van der Waals surface area (Å²) in [7, 11) is 0. The molecule has 0 amide bonds. The highest BCUT2D eigenvalue weighted by molar-refractivity contribution is 7.99. The number of fused-ring (bicyclic) bond motifs is 1. The molecule has 0 aliphatic rings. The third-order valence-electron chi connectivity index (χ3n) is 1.83. The number of aryl methyl sites for hydroxylation is 1. The van der Waals surface area contributed by atoms with Gasteiger partial charge in [0, 0.05) is 11.9 Å². The Kier molecular flexibility index (Phi) is 1.95. The summed E-state index contributed by atoms with van der Waals surface area (Å²) in [5.41, 5.74) is 8.62. The molecule has 0 aliphatic carbocycles. The third-order valence-corrected chi connectivity index (χ3v) is 2.69. The van der Waals surface area contributed by atoms with Crippen LogP contribution in [0.25, 0.3) is 5.65 Å². The smallest absolute Gasteiger partial charge is 0.157 e. The number of nitrogens with one attached hydrogen (secondary N) is 1. The maximum absolute atomic E-state index is 5.90. The molecule has 2 aromatic rings. The summed E-state index contributed by atoms with van der Waals surface area (Å²) in [4.78, 5) is 3.17. The highest BCUT2D eigenvalue weighted by atomic mass is 32.2. The van der Waals surface area contributed by atoms with Crippen molar-refractivity contribution in [2.45, 2.75) is 18.9 Å². The van der Waals surface area contributed by atoms with Gasteiger partial charge < -0.3 is 10.7 Å². The molecule has 3 N–H and O–H groups in total. The summed E-state index contributed by atoms with van der Waals surface area (Å²) < 4.78 is 1.79. The zero-order chi connectivity index (χ0) is 9.42. The van der Waals surface area contributed by atoms with Gasteiger partial charge in [0.2, 0.25) is 0 Å². The Morgan fingerprint density at radius 2 is 2.46 bits per heavy atom. The number of hydrogen-bond donors (Lipinski definition) is 2. The Balaban J connectivity index is 2.56. The average molecular weight is 196 g/mol. The van der Waals surface area contributed by atoms with Gasteiger partial charge >= 0.3 is 0 Å². The number of nitrogen functional groups attached to an aromatic ring is 1. The fourth-order valence-corrected chi connectivity index (χ4v) is 1.96. The van der Waals surface area contributed by atoms with Gasteiger partial charge in [-0.15, -0.1) is 11.8 Å². The summed E-state index contributed by atoms with van der Waals surface area (Å²) in [6, 6.07) is 0. The van der Waals surface area contributed by atoms with Gasteiger partial charge in [0.05, 0.1) is 0 Å². The van der Waals surface area contributed by atoms with Crippen LogP contribution in [0.4, 0.5) is 5.69 Å². The molecular weight excluding hydrogens is 184 g/mol. The van der Waals surface area contributed by atoms with Crippen LogP contribution in [-0.2, 0) is 0 Å². The second-order valence-corrected chi connectivity index (χ2v) is 4.13. The Labute approximate surface area is 80.5 Å². The van der Waals surface area contributed by atoms with Gasteiger partial charge in [-0.1, -0.05) is 6.92 Å². The van der Waals surface area contributed by atoms with E-state index in [1.54, 1.807) is 16.3 Å². The number of nitrogens with two attached hydrogens (primary N) is 1. The summed E-state index contributed by atoms with van der Waals surface area (Å²) in [6.45, 7) is 4.07. The molecule has 0 spiro atoms. The van der Waals surface area contributed by atoms with Crippen molar-refractivity contribution in [3.63, 3.8) is 0 Å². The van der Waals surface area contributed by atoms with Crippen LogP contribution in [0.3, 0.4) is 0 Å². The van der Waals surface area contributed by atoms with Gasteiger partial charge in [-0.3, -0.25) is 0 Å². The minimum atomic E-state index is 0.750. The van der Waals surface area contributed by atoms with Gasteiger partial charge in [-0.2, -0.15) is 5.10 Å². The molecule has 5 heteroatoms. The molecule has 0 radical (unpaired) electrons. The number of aromatic nitrogens is 3. The van der Waals surface area contributed by atoms with Crippen LogP contribution in [0.1, 0.15) is 12.6 Å². The molecular formula is C8H12N4S. The molecule has 0 fully saturated rings. The molecule has 70 valence electrons. The van der Waals surface area contributed by atoms with Crippen LogP contribution in [0.15, 0.2) is 11.2 Å². The number of anilines is 1. The molecule has 2 heterocycles. The van der Waals surface area contributed by atoms with Crippen molar-refractivity contribution in [2.75, 3.05) is 11.5 Å². The topological polar surface area (TPSA) is 59.1 Å². The molecule has 2 aromatic heterocycles. The minimum absolute atomic E-state index is 0.750. The van der Waals surface area contributed by atoms with Crippen LogP contribution in [-0.4, -0.2) is 20.4 Å². The molecule has 4 nitrogen and oxygen atoms in total. The maximum atomic E-state index is 5.90. The van der Waals surface area contributed by atoms with E-state index in [0.29, 0.717) is 0 Å². The lowest BCUT2D eigenvalue weighted by atomic mass is 10.5. The van der Waals surface area contributed by atoms with E-state index in [4.69, 9.17) is 5.73 Å². The van der Waals surface area contributed by atoms with Gasteiger partial charge in [0.25, 0.3) is 0 Å². The first kappa shape index (κ1) is 8.50. The van der Waals surface area contributed by atoms with Gasteiger partial charge in [0.15, 0.2) is 5.65 Å². The minimum Gasteiger partial charge on any atom is -0.393 e. The van der Waals surface area contributed by atoms with Crippen molar-refractivity contribution < 1.29 is 0 Å². The van der Waals surface area contributed by atoms with Gasteiger partial charge in [0.1, 0.15) is 10.7 Å². The number of rotatable bonds is 2. The molecule has 0 saturated heterocycles. The van der Waals surface area contributed by atoms with Crippen LogP contribution in [0.5, 0.6) is 0 Å². The molecule has 0 unspecified atom stereocenters. The fourth-order valence-electron chi connectivity index (χ4n) is 1.29. The Hall–Kier alpha value is -1.10. The molecule has 0 atom stereocenters. The Morgan fingerprint density at radius 1 is 1.69 bits per heavy atom. The second kappa shape index (κ2) is 2.99. The van der Waals surface area contributed by atoms with Crippen LogP contribution < -0.4 is 5.73 Å². The van der Waals surface area contributed by atoms with E-state index >= 15 is 0 Å². The van der Waals surface area contributed by atoms with Gasteiger partial charge in [-0.25, -0.2) is 4.52 Å². The zero-order valence-corrected chi connectivity index (χ0v) is 8.48. The second-order valence-electron chi connectivity index (χ2n) is 2.88. The first-order valence-electron chi connectivity index (χ1n) is 4.18. The first-order chi connectivity index (χ1) is 6.22. The molecule has 0 aliphatic heterocycles. The van der Waals surface area contributed by atoms with E-state index in [-0.39, 0.29) is 0 Å². The van der Waals surface area contributed by atoms with Crippen molar-refractivity contribution in [1.29, 1.82) is 0 Å². The van der Waals surface area contributed by atoms with E-state index in [2.05, 4.69) is 17.0 Å².